The zero-order valence-corrected chi connectivity index (χ0v) is 17.3. The Labute approximate surface area is 177 Å². The highest BCUT2D eigenvalue weighted by Crippen LogP contribution is 2.33. The minimum atomic E-state index is 0.126. The van der Waals surface area contributed by atoms with Crippen molar-refractivity contribution in [3.05, 3.63) is 46.6 Å². The monoisotopic (exact) mass is 405 g/mol. The number of hydrogen-bond donors (Lipinski definition) is 1. The summed E-state index contributed by atoms with van der Waals surface area (Å²) in [5, 5.41) is 12.8. The summed E-state index contributed by atoms with van der Waals surface area (Å²) in [5.74, 6) is 1.58. The van der Waals surface area contributed by atoms with Crippen molar-refractivity contribution in [2.45, 2.75) is 32.2 Å². The summed E-state index contributed by atoms with van der Waals surface area (Å²) in [6, 6.07) is 8.61. The molecule has 0 amide bonds. The second-order valence-corrected chi connectivity index (χ2v) is 8.33. The number of anilines is 2. The fourth-order valence-electron chi connectivity index (χ4n) is 4.52. The van der Waals surface area contributed by atoms with Gasteiger partial charge in [0.1, 0.15) is 5.82 Å². The van der Waals surface area contributed by atoms with E-state index < -0.39 is 0 Å². The highest BCUT2D eigenvalue weighted by Gasteiger charge is 2.29. The van der Waals surface area contributed by atoms with Crippen LogP contribution in [0.2, 0.25) is 0 Å². The molecule has 1 fully saturated rings. The summed E-state index contributed by atoms with van der Waals surface area (Å²) >= 11 is 0. The van der Waals surface area contributed by atoms with Gasteiger partial charge in [0.05, 0.1) is 31.5 Å². The standard InChI is InChI=1S/C22H27N7O/c1-27-8-9-30-18(12-27)10-24-22-25-20-14-28(15-23)13-19(20)21(26-22)29-7-6-16-4-2-3-5-17(16)11-29/h2-5,18H,6-14H2,1H3,(H,24,25,26). The Hall–Kier alpha value is -2.89. The van der Waals surface area contributed by atoms with E-state index in [1.807, 2.05) is 0 Å². The molecule has 3 aliphatic heterocycles. The second kappa shape index (κ2) is 8.09. The number of fused-ring (bicyclic) bond motifs is 2. The van der Waals surface area contributed by atoms with Crippen LogP contribution in [0.3, 0.4) is 0 Å². The maximum Gasteiger partial charge on any atom is 0.225 e. The molecule has 8 nitrogen and oxygen atoms in total. The lowest BCUT2D eigenvalue weighted by Gasteiger charge is -2.32. The van der Waals surface area contributed by atoms with E-state index in [-0.39, 0.29) is 6.10 Å². The van der Waals surface area contributed by atoms with Gasteiger partial charge in [-0.2, -0.15) is 10.2 Å². The third-order valence-electron chi connectivity index (χ3n) is 6.16. The van der Waals surface area contributed by atoms with Gasteiger partial charge >= 0.3 is 0 Å². The number of aromatic nitrogens is 2. The first-order chi connectivity index (χ1) is 14.7. The van der Waals surface area contributed by atoms with Gasteiger partial charge in [-0.15, -0.1) is 0 Å². The van der Waals surface area contributed by atoms with E-state index in [0.717, 1.165) is 56.3 Å². The molecule has 1 unspecified atom stereocenters. The van der Waals surface area contributed by atoms with Crippen LogP contribution in [0, 0.1) is 11.5 Å². The van der Waals surface area contributed by atoms with Crippen LogP contribution < -0.4 is 10.2 Å². The molecule has 1 aromatic carbocycles. The molecule has 0 saturated carbocycles. The Kier molecular flexibility index (Phi) is 5.15. The predicted octanol–water partition coefficient (Wildman–Crippen LogP) is 1.58. The molecule has 1 aromatic heterocycles. The molecular formula is C22H27N7O. The van der Waals surface area contributed by atoms with Gasteiger partial charge in [0, 0.05) is 38.3 Å². The highest BCUT2D eigenvalue weighted by atomic mass is 16.5. The Bertz CT molecular complexity index is 972. The van der Waals surface area contributed by atoms with Crippen LogP contribution in [0.1, 0.15) is 22.4 Å². The van der Waals surface area contributed by atoms with Crippen molar-refractivity contribution in [1.82, 2.24) is 19.8 Å². The molecule has 0 aliphatic carbocycles. The number of nitriles is 1. The van der Waals surface area contributed by atoms with E-state index in [2.05, 4.69) is 52.6 Å². The zero-order valence-electron chi connectivity index (χ0n) is 17.3. The summed E-state index contributed by atoms with van der Waals surface area (Å²) in [5.41, 5.74) is 4.79. The van der Waals surface area contributed by atoms with Crippen LogP contribution in [0.5, 0.6) is 0 Å². The average molecular weight is 406 g/mol. The molecule has 2 aromatic rings. The number of nitrogens with zero attached hydrogens (tertiary/aromatic N) is 6. The minimum Gasteiger partial charge on any atom is -0.374 e. The topological polar surface area (TPSA) is 80.6 Å². The summed E-state index contributed by atoms with van der Waals surface area (Å²) < 4.78 is 5.86. The number of ether oxygens (including phenoxy) is 1. The van der Waals surface area contributed by atoms with Gasteiger partial charge in [-0.05, 0) is 24.6 Å². The molecule has 156 valence electrons. The fraction of sp³-hybridized carbons (Fsp3) is 0.500. The summed E-state index contributed by atoms with van der Waals surface area (Å²) in [6.45, 7) is 6.17. The lowest BCUT2D eigenvalue weighted by atomic mass is 9.99. The lowest BCUT2D eigenvalue weighted by molar-refractivity contribution is -0.0118. The first-order valence-corrected chi connectivity index (χ1v) is 10.6. The third kappa shape index (κ3) is 3.78. The first-order valence-electron chi connectivity index (χ1n) is 10.6. The molecule has 5 rings (SSSR count). The Morgan fingerprint density at radius 3 is 2.87 bits per heavy atom. The normalized spacial score (nSPS) is 21.1. The van der Waals surface area contributed by atoms with Gasteiger partial charge < -0.3 is 24.8 Å². The Balaban J connectivity index is 1.40. The number of rotatable bonds is 4. The third-order valence-corrected chi connectivity index (χ3v) is 6.16. The molecule has 3 aliphatic rings. The number of likely N-dealkylation sites (N-methyl/N-ethyl adjacent to an activating group) is 1. The number of benzene rings is 1. The molecule has 4 heterocycles. The van der Waals surface area contributed by atoms with E-state index in [9.17, 15) is 5.26 Å². The summed E-state index contributed by atoms with van der Waals surface area (Å²) in [4.78, 5) is 16.0. The van der Waals surface area contributed by atoms with Gasteiger partial charge in [-0.3, -0.25) is 0 Å². The van der Waals surface area contributed by atoms with Crippen molar-refractivity contribution in [3.63, 3.8) is 0 Å². The van der Waals surface area contributed by atoms with E-state index in [1.54, 1.807) is 4.90 Å². The van der Waals surface area contributed by atoms with E-state index in [1.165, 1.54) is 11.1 Å². The number of morpholine rings is 1. The molecular weight excluding hydrogens is 378 g/mol. The summed E-state index contributed by atoms with van der Waals surface area (Å²) in [6.07, 6.45) is 3.39. The molecule has 30 heavy (non-hydrogen) atoms. The van der Waals surface area contributed by atoms with Crippen LogP contribution in [-0.4, -0.2) is 65.7 Å². The first kappa shape index (κ1) is 19.1. The SMILES string of the molecule is CN1CCOC(CNc2nc3c(c(N4CCc5ccccc5C4)n2)CN(C#N)C3)C1. The van der Waals surface area contributed by atoms with Crippen molar-refractivity contribution in [2.24, 2.45) is 0 Å². The van der Waals surface area contributed by atoms with Gasteiger partial charge in [0.2, 0.25) is 5.95 Å². The summed E-state index contributed by atoms with van der Waals surface area (Å²) in [7, 11) is 2.12. The van der Waals surface area contributed by atoms with Crippen LogP contribution in [0.4, 0.5) is 11.8 Å². The predicted molar refractivity (Wildman–Crippen MR) is 114 cm³/mol. The lowest BCUT2D eigenvalue weighted by Crippen LogP contribution is -2.43. The zero-order chi connectivity index (χ0) is 20.5. The van der Waals surface area contributed by atoms with Crippen molar-refractivity contribution >= 4 is 11.8 Å². The highest BCUT2D eigenvalue weighted by molar-refractivity contribution is 5.56. The van der Waals surface area contributed by atoms with Crippen LogP contribution in [-0.2, 0) is 30.8 Å². The molecule has 8 heteroatoms. The molecule has 1 saturated heterocycles. The number of nitrogens with one attached hydrogen (secondary N) is 1. The maximum atomic E-state index is 9.41. The van der Waals surface area contributed by atoms with Crippen LogP contribution in [0.15, 0.2) is 24.3 Å². The molecule has 0 radical (unpaired) electrons. The fourth-order valence-corrected chi connectivity index (χ4v) is 4.52. The molecule has 1 atom stereocenters. The van der Waals surface area contributed by atoms with E-state index in [4.69, 9.17) is 14.7 Å². The quantitative estimate of drug-likeness (QED) is 0.768. The van der Waals surface area contributed by atoms with Gasteiger partial charge in [0.15, 0.2) is 6.19 Å². The van der Waals surface area contributed by atoms with Gasteiger partial charge in [-0.1, -0.05) is 24.3 Å². The largest absolute Gasteiger partial charge is 0.374 e. The van der Waals surface area contributed by atoms with Crippen molar-refractivity contribution in [1.29, 1.82) is 5.26 Å². The maximum absolute atomic E-state index is 9.41. The van der Waals surface area contributed by atoms with Gasteiger partial charge in [-0.25, -0.2) is 4.98 Å². The minimum absolute atomic E-state index is 0.126. The smallest absolute Gasteiger partial charge is 0.225 e. The van der Waals surface area contributed by atoms with Crippen molar-refractivity contribution in [2.75, 3.05) is 50.1 Å². The van der Waals surface area contributed by atoms with E-state index >= 15 is 0 Å². The van der Waals surface area contributed by atoms with E-state index in [0.29, 0.717) is 25.6 Å². The van der Waals surface area contributed by atoms with Gasteiger partial charge in [0.25, 0.3) is 0 Å². The van der Waals surface area contributed by atoms with Crippen LogP contribution >= 0.6 is 0 Å². The Morgan fingerprint density at radius 1 is 1.17 bits per heavy atom. The second-order valence-electron chi connectivity index (χ2n) is 8.33. The molecule has 1 N–H and O–H groups in total. The Morgan fingerprint density at radius 2 is 2.03 bits per heavy atom. The number of hydrogen-bond acceptors (Lipinski definition) is 8. The molecule has 0 bridgehead atoms. The van der Waals surface area contributed by atoms with Crippen LogP contribution in [0.25, 0.3) is 0 Å². The average Bonchev–Trinajstić information content (AvgIpc) is 3.20. The molecule has 0 spiro atoms. The van der Waals surface area contributed by atoms with Crippen molar-refractivity contribution < 1.29 is 4.74 Å². The van der Waals surface area contributed by atoms with Crippen molar-refractivity contribution in [3.8, 4) is 6.19 Å².